The predicted molar refractivity (Wildman–Crippen MR) is 100 cm³/mol. The summed E-state index contributed by atoms with van der Waals surface area (Å²) in [5.74, 6) is -0.401. The summed E-state index contributed by atoms with van der Waals surface area (Å²) in [5, 5.41) is 5.76. The molecule has 4 heteroatoms. The number of nitrogens with one attached hydrogen (secondary N) is 2. The van der Waals surface area contributed by atoms with Gasteiger partial charge in [-0.25, -0.2) is 0 Å². The third-order valence-corrected chi connectivity index (χ3v) is 4.23. The third kappa shape index (κ3) is 4.92. The molecule has 0 aliphatic heterocycles. The number of carbonyl (C=O) groups is 2. The first-order valence-electron chi connectivity index (χ1n) is 8.51. The minimum Gasteiger partial charge on any atom is -0.351 e. The molecule has 0 bridgehead atoms. The van der Waals surface area contributed by atoms with Crippen LogP contribution < -0.4 is 10.6 Å². The van der Waals surface area contributed by atoms with Gasteiger partial charge in [0.1, 0.15) is 5.54 Å². The number of rotatable bonds is 6. The Hall–Kier alpha value is -2.62. The van der Waals surface area contributed by atoms with Crippen LogP contribution in [0, 0.1) is 0 Å². The van der Waals surface area contributed by atoms with Crippen LogP contribution in [0.2, 0.25) is 0 Å². The molecule has 4 nitrogen and oxygen atoms in total. The summed E-state index contributed by atoms with van der Waals surface area (Å²) in [4.78, 5) is 24.0. The average Bonchev–Trinajstić information content (AvgIpc) is 2.56. The van der Waals surface area contributed by atoms with E-state index in [1.165, 1.54) is 6.92 Å². The predicted octanol–water partition coefficient (Wildman–Crippen LogP) is 3.24. The number of carbonyl (C=O) groups excluding carboxylic acids is 2. The molecule has 0 saturated carbocycles. The van der Waals surface area contributed by atoms with Crippen molar-refractivity contribution in [2.75, 3.05) is 0 Å². The van der Waals surface area contributed by atoms with E-state index in [9.17, 15) is 9.59 Å². The molecule has 0 saturated heterocycles. The maximum Gasteiger partial charge on any atom is 0.245 e. The smallest absolute Gasteiger partial charge is 0.245 e. The molecule has 2 aromatic carbocycles. The lowest BCUT2D eigenvalue weighted by atomic mass is 9.85. The summed E-state index contributed by atoms with van der Waals surface area (Å²) >= 11 is 0. The van der Waals surface area contributed by atoms with Crippen LogP contribution in [0.4, 0.5) is 0 Å². The Morgan fingerprint density at radius 1 is 0.880 bits per heavy atom. The van der Waals surface area contributed by atoms with Crippen LogP contribution >= 0.6 is 0 Å². The van der Waals surface area contributed by atoms with Crippen molar-refractivity contribution >= 4 is 11.8 Å². The molecule has 25 heavy (non-hydrogen) atoms. The second-order valence-corrected chi connectivity index (χ2v) is 6.87. The molecule has 2 rings (SSSR count). The molecule has 0 spiro atoms. The van der Waals surface area contributed by atoms with Gasteiger partial charge in [-0.3, -0.25) is 9.59 Å². The van der Waals surface area contributed by atoms with Crippen molar-refractivity contribution in [1.29, 1.82) is 0 Å². The zero-order valence-corrected chi connectivity index (χ0v) is 15.2. The van der Waals surface area contributed by atoms with Crippen molar-refractivity contribution in [3.63, 3.8) is 0 Å². The molecule has 132 valence electrons. The summed E-state index contributed by atoms with van der Waals surface area (Å²) in [6, 6.07) is 20.1. The summed E-state index contributed by atoms with van der Waals surface area (Å²) < 4.78 is 0. The largest absolute Gasteiger partial charge is 0.351 e. The quantitative estimate of drug-likeness (QED) is 0.849. The van der Waals surface area contributed by atoms with E-state index >= 15 is 0 Å². The van der Waals surface area contributed by atoms with Gasteiger partial charge in [0.05, 0.1) is 0 Å². The first-order valence-corrected chi connectivity index (χ1v) is 8.51. The topological polar surface area (TPSA) is 58.2 Å². The monoisotopic (exact) mass is 338 g/mol. The fraction of sp³-hybridized carbons (Fsp3) is 0.333. The molecule has 2 aromatic rings. The highest BCUT2D eigenvalue weighted by molar-refractivity contribution is 5.90. The minimum absolute atomic E-state index is 0.0273. The second-order valence-electron chi connectivity index (χ2n) is 6.87. The van der Waals surface area contributed by atoms with Crippen molar-refractivity contribution < 1.29 is 9.59 Å². The van der Waals surface area contributed by atoms with E-state index in [2.05, 4.69) is 34.9 Å². The lowest BCUT2D eigenvalue weighted by Crippen LogP contribution is -2.56. The van der Waals surface area contributed by atoms with Crippen molar-refractivity contribution in [3.8, 4) is 0 Å². The Kier molecular flexibility index (Phi) is 5.97. The molecule has 0 radical (unpaired) electrons. The van der Waals surface area contributed by atoms with Crippen LogP contribution in [0.15, 0.2) is 60.7 Å². The number of hydrogen-bond donors (Lipinski definition) is 2. The van der Waals surface area contributed by atoms with Gasteiger partial charge in [-0.05, 0) is 31.9 Å². The Morgan fingerprint density at radius 2 is 1.32 bits per heavy atom. The maximum atomic E-state index is 12.7. The van der Waals surface area contributed by atoms with Crippen molar-refractivity contribution in [2.45, 2.75) is 45.2 Å². The van der Waals surface area contributed by atoms with Crippen molar-refractivity contribution in [3.05, 3.63) is 71.8 Å². The zero-order valence-electron chi connectivity index (χ0n) is 15.2. The Bertz CT molecular complexity index is 672. The standard InChI is InChI=1S/C21H26N2O2/c1-15(22-20(25)21(3,4)23-16(2)24)19(17-11-7-5-8-12-17)18-13-9-6-10-14-18/h5-15,19H,1-4H3,(H,22,25)(H,23,24)/t15-/m1/s1. The molecule has 2 N–H and O–H groups in total. The molecule has 0 aliphatic rings. The molecule has 0 unspecified atom stereocenters. The van der Waals surface area contributed by atoms with Crippen LogP contribution in [-0.4, -0.2) is 23.4 Å². The summed E-state index contributed by atoms with van der Waals surface area (Å²) in [6.45, 7) is 6.81. The van der Waals surface area contributed by atoms with Crippen LogP contribution in [0.1, 0.15) is 44.7 Å². The Labute approximate surface area is 149 Å². The highest BCUT2D eigenvalue weighted by Crippen LogP contribution is 2.28. The van der Waals surface area contributed by atoms with Gasteiger partial charge in [0.25, 0.3) is 0 Å². The van der Waals surface area contributed by atoms with Gasteiger partial charge in [-0.2, -0.15) is 0 Å². The maximum absolute atomic E-state index is 12.7. The molecule has 0 aliphatic carbocycles. The summed E-state index contributed by atoms with van der Waals surface area (Å²) in [6.07, 6.45) is 0. The van der Waals surface area contributed by atoms with Gasteiger partial charge in [0.2, 0.25) is 11.8 Å². The van der Waals surface area contributed by atoms with Gasteiger partial charge in [0, 0.05) is 18.9 Å². The van der Waals surface area contributed by atoms with E-state index in [1.807, 2.05) is 43.3 Å². The van der Waals surface area contributed by atoms with Crippen LogP contribution in [0.25, 0.3) is 0 Å². The lowest BCUT2D eigenvalue weighted by Gasteiger charge is -2.31. The number of amides is 2. The van der Waals surface area contributed by atoms with Gasteiger partial charge < -0.3 is 10.6 Å². The highest BCUT2D eigenvalue weighted by atomic mass is 16.2. The van der Waals surface area contributed by atoms with E-state index in [1.54, 1.807) is 13.8 Å². The number of benzene rings is 2. The molecule has 0 heterocycles. The fourth-order valence-corrected chi connectivity index (χ4v) is 3.06. The third-order valence-electron chi connectivity index (χ3n) is 4.23. The van der Waals surface area contributed by atoms with E-state index in [0.717, 1.165) is 11.1 Å². The second kappa shape index (κ2) is 7.97. The number of hydrogen-bond acceptors (Lipinski definition) is 2. The fourth-order valence-electron chi connectivity index (χ4n) is 3.06. The van der Waals surface area contributed by atoms with E-state index < -0.39 is 5.54 Å². The average molecular weight is 338 g/mol. The SMILES string of the molecule is CC(=O)NC(C)(C)C(=O)N[C@H](C)C(c1ccccc1)c1ccccc1. The van der Waals surface area contributed by atoms with Gasteiger partial charge in [0.15, 0.2) is 0 Å². The summed E-state index contributed by atoms with van der Waals surface area (Å²) in [7, 11) is 0. The van der Waals surface area contributed by atoms with E-state index in [0.29, 0.717) is 0 Å². The molecule has 0 fully saturated rings. The molecular formula is C21H26N2O2. The van der Waals surface area contributed by atoms with Crippen molar-refractivity contribution in [1.82, 2.24) is 10.6 Å². The van der Waals surface area contributed by atoms with Crippen molar-refractivity contribution in [2.24, 2.45) is 0 Å². The first kappa shape index (κ1) is 18.7. The first-order chi connectivity index (χ1) is 11.8. The summed E-state index contributed by atoms with van der Waals surface area (Å²) in [5.41, 5.74) is 1.32. The molecule has 1 atom stereocenters. The van der Waals surface area contributed by atoms with Gasteiger partial charge in [-0.15, -0.1) is 0 Å². The van der Waals surface area contributed by atoms with Gasteiger partial charge >= 0.3 is 0 Å². The Morgan fingerprint density at radius 3 is 1.72 bits per heavy atom. The van der Waals surface area contributed by atoms with Gasteiger partial charge in [-0.1, -0.05) is 60.7 Å². The minimum atomic E-state index is -0.960. The molecule has 2 amide bonds. The van der Waals surface area contributed by atoms with Crippen LogP contribution in [0.5, 0.6) is 0 Å². The molecule has 0 aromatic heterocycles. The lowest BCUT2D eigenvalue weighted by molar-refractivity contribution is -0.132. The highest BCUT2D eigenvalue weighted by Gasteiger charge is 2.31. The van der Waals surface area contributed by atoms with E-state index in [4.69, 9.17) is 0 Å². The van der Waals surface area contributed by atoms with Crippen LogP contribution in [-0.2, 0) is 9.59 Å². The van der Waals surface area contributed by atoms with E-state index in [-0.39, 0.29) is 23.8 Å². The zero-order chi connectivity index (χ0) is 18.4. The Balaban J connectivity index is 2.26. The normalized spacial score (nSPS) is 12.5. The van der Waals surface area contributed by atoms with Crippen LogP contribution in [0.3, 0.4) is 0 Å². The molecular weight excluding hydrogens is 312 g/mol.